The van der Waals surface area contributed by atoms with Crippen molar-refractivity contribution in [2.45, 2.75) is 57.4 Å². The van der Waals surface area contributed by atoms with Gasteiger partial charge in [0.1, 0.15) is 0 Å². The molecule has 2 nitrogen and oxygen atoms in total. The summed E-state index contributed by atoms with van der Waals surface area (Å²) >= 11 is 0. The molecule has 18 heavy (non-hydrogen) atoms. The molecule has 0 amide bonds. The SMILES string of the molecule is Cl.NC1CCCC2CN(CCC3CCCC3)CC12. The van der Waals surface area contributed by atoms with Crippen LogP contribution in [0.1, 0.15) is 51.4 Å². The summed E-state index contributed by atoms with van der Waals surface area (Å²) in [6, 6.07) is 0.505. The van der Waals surface area contributed by atoms with Gasteiger partial charge in [-0.2, -0.15) is 0 Å². The summed E-state index contributed by atoms with van der Waals surface area (Å²) in [7, 11) is 0. The van der Waals surface area contributed by atoms with Gasteiger partial charge in [-0.3, -0.25) is 0 Å². The molecule has 3 rings (SSSR count). The molecule has 0 aromatic carbocycles. The molecule has 1 aliphatic heterocycles. The predicted molar refractivity (Wildman–Crippen MR) is 79.1 cm³/mol. The zero-order valence-corrected chi connectivity index (χ0v) is 12.3. The van der Waals surface area contributed by atoms with Crippen LogP contribution in [0.3, 0.4) is 0 Å². The van der Waals surface area contributed by atoms with E-state index in [0.717, 1.165) is 17.8 Å². The third-order valence-corrected chi connectivity index (χ3v) is 5.56. The van der Waals surface area contributed by atoms with E-state index in [-0.39, 0.29) is 12.4 Å². The zero-order valence-electron chi connectivity index (χ0n) is 11.5. The van der Waals surface area contributed by atoms with Crippen LogP contribution in [-0.2, 0) is 0 Å². The second-order valence-corrected chi connectivity index (χ2v) is 6.72. The van der Waals surface area contributed by atoms with E-state index in [2.05, 4.69) is 4.90 Å². The summed E-state index contributed by atoms with van der Waals surface area (Å²) < 4.78 is 0. The standard InChI is InChI=1S/C15H28N2.ClH/c16-15-7-3-6-13-10-17(11-14(13)15)9-8-12-4-1-2-5-12;/h12-15H,1-11,16H2;1H. The highest BCUT2D eigenvalue weighted by atomic mass is 35.5. The van der Waals surface area contributed by atoms with Gasteiger partial charge in [0, 0.05) is 19.1 Å². The number of hydrogen-bond acceptors (Lipinski definition) is 2. The third kappa shape index (κ3) is 3.20. The first-order valence-corrected chi connectivity index (χ1v) is 7.81. The number of rotatable bonds is 3. The van der Waals surface area contributed by atoms with Crippen molar-refractivity contribution in [1.82, 2.24) is 4.90 Å². The molecule has 1 heterocycles. The maximum Gasteiger partial charge on any atom is 0.00825 e. The highest BCUT2D eigenvalue weighted by molar-refractivity contribution is 5.85. The molecule has 1 saturated heterocycles. The Morgan fingerprint density at radius 1 is 0.944 bits per heavy atom. The summed E-state index contributed by atoms with van der Waals surface area (Å²) in [5.41, 5.74) is 6.27. The van der Waals surface area contributed by atoms with E-state index in [1.54, 1.807) is 0 Å². The highest BCUT2D eigenvalue weighted by Crippen LogP contribution is 2.36. The van der Waals surface area contributed by atoms with Crippen molar-refractivity contribution < 1.29 is 0 Å². The molecule has 0 bridgehead atoms. The largest absolute Gasteiger partial charge is 0.327 e. The van der Waals surface area contributed by atoms with Gasteiger partial charge in [-0.1, -0.05) is 32.1 Å². The van der Waals surface area contributed by atoms with Crippen molar-refractivity contribution >= 4 is 12.4 Å². The van der Waals surface area contributed by atoms with Crippen molar-refractivity contribution in [2.75, 3.05) is 19.6 Å². The van der Waals surface area contributed by atoms with Crippen LogP contribution in [-0.4, -0.2) is 30.6 Å². The predicted octanol–water partition coefficient (Wildman–Crippen LogP) is 3.05. The Kier molecular flexibility index (Phi) is 5.35. The van der Waals surface area contributed by atoms with Crippen LogP contribution < -0.4 is 5.73 Å². The normalized spacial score (nSPS) is 37.5. The minimum atomic E-state index is 0. The van der Waals surface area contributed by atoms with E-state index in [0.29, 0.717) is 6.04 Å². The molecule has 0 aromatic rings. The fourth-order valence-electron chi connectivity index (χ4n) is 4.46. The first-order valence-electron chi connectivity index (χ1n) is 7.81. The van der Waals surface area contributed by atoms with Gasteiger partial charge in [-0.25, -0.2) is 0 Å². The van der Waals surface area contributed by atoms with Crippen LogP contribution in [0.2, 0.25) is 0 Å². The summed E-state index contributed by atoms with van der Waals surface area (Å²) in [4.78, 5) is 2.72. The smallest absolute Gasteiger partial charge is 0.00825 e. The highest BCUT2D eigenvalue weighted by Gasteiger charge is 2.38. The Morgan fingerprint density at radius 3 is 2.44 bits per heavy atom. The van der Waals surface area contributed by atoms with Crippen LogP contribution in [0, 0.1) is 17.8 Å². The number of hydrogen-bond donors (Lipinski definition) is 1. The zero-order chi connectivity index (χ0) is 11.7. The van der Waals surface area contributed by atoms with Gasteiger partial charge >= 0.3 is 0 Å². The molecular formula is C15H29ClN2. The van der Waals surface area contributed by atoms with Crippen molar-refractivity contribution in [3.05, 3.63) is 0 Å². The number of likely N-dealkylation sites (tertiary alicyclic amines) is 1. The van der Waals surface area contributed by atoms with Gasteiger partial charge in [-0.05, 0) is 43.6 Å². The molecule has 0 aromatic heterocycles. The lowest BCUT2D eigenvalue weighted by Gasteiger charge is -2.29. The number of halogens is 1. The maximum atomic E-state index is 6.27. The monoisotopic (exact) mass is 272 g/mol. The van der Waals surface area contributed by atoms with Crippen LogP contribution in [0.5, 0.6) is 0 Å². The molecule has 2 aliphatic carbocycles. The summed E-state index contributed by atoms with van der Waals surface area (Å²) in [5.74, 6) is 2.81. The molecule has 2 saturated carbocycles. The second kappa shape index (κ2) is 6.58. The molecule has 0 spiro atoms. The third-order valence-electron chi connectivity index (χ3n) is 5.56. The van der Waals surface area contributed by atoms with Crippen molar-refractivity contribution in [3.8, 4) is 0 Å². The van der Waals surface area contributed by atoms with E-state index in [4.69, 9.17) is 5.73 Å². The molecular weight excluding hydrogens is 244 g/mol. The average molecular weight is 273 g/mol. The Balaban J connectivity index is 0.00000120. The molecule has 3 aliphatic rings. The Morgan fingerprint density at radius 2 is 1.72 bits per heavy atom. The average Bonchev–Trinajstić information content (AvgIpc) is 2.95. The Hall–Kier alpha value is 0.210. The second-order valence-electron chi connectivity index (χ2n) is 6.72. The fourth-order valence-corrected chi connectivity index (χ4v) is 4.46. The lowest BCUT2D eigenvalue weighted by Crippen LogP contribution is -2.38. The van der Waals surface area contributed by atoms with E-state index in [1.165, 1.54) is 71.0 Å². The number of fused-ring (bicyclic) bond motifs is 1. The maximum absolute atomic E-state index is 6.27. The summed E-state index contributed by atoms with van der Waals surface area (Å²) in [6.45, 7) is 4.01. The van der Waals surface area contributed by atoms with Crippen LogP contribution in [0.25, 0.3) is 0 Å². The van der Waals surface area contributed by atoms with E-state index >= 15 is 0 Å². The quantitative estimate of drug-likeness (QED) is 0.856. The van der Waals surface area contributed by atoms with E-state index < -0.39 is 0 Å². The minimum absolute atomic E-state index is 0. The van der Waals surface area contributed by atoms with E-state index in [9.17, 15) is 0 Å². The van der Waals surface area contributed by atoms with Gasteiger partial charge in [0.2, 0.25) is 0 Å². The van der Waals surface area contributed by atoms with Crippen LogP contribution in [0.15, 0.2) is 0 Å². The van der Waals surface area contributed by atoms with Crippen molar-refractivity contribution in [3.63, 3.8) is 0 Å². The summed E-state index contributed by atoms with van der Waals surface area (Å²) in [5, 5.41) is 0. The minimum Gasteiger partial charge on any atom is -0.327 e. The molecule has 3 unspecified atom stereocenters. The van der Waals surface area contributed by atoms with Crippen LogP contribution in [0.4, 0.5) is 0 Å². The van der Waals surface area contributed by atoms with Gasteiger partial charge in [0.25, 0.3) is 0 Å². The summed E-state index contributed by atoms with van der Waals surface area (Å²) in [6.07, 6.45) is 11.5. The Bertz CT molecular complexity index is 253. The Labute approximate surface area is 118 Å². The van der Waals surface area contributed by atoms with Gasteiger partial charge in [0.05, 0.1) is 0 Å². The van der Waals surface area contributed by atoms with Gasteiger partial charge in [0.15, 0.2) is 0 Å². The van der Waals surface area contributed by atoms with Gasteiger partial charge < -0.3 is 10.6 Å². The topological polar surface area (TPSA) is 29.3 Å². The van der Waals surface area contributed by atoms with Crippen molar-refractivity contribution in [1.29, 1.82) is 0 Å². The van der Waals surface area contributed by atoms with E-state index in [1.807, 2.05) is 0 Å². The lowest BCUT2D eigenvalue weighted by atomic mass is 9.78. The molecule has 106 valence electrons. The molecule has 0 radical (unpaired) electrons. The molecule has 3 heteroatoms. The molecule has 3 fully saturated rings. The number of nitrogens with two attached hydrogens (primary N) is 1. The lowest BCUT2D eigenvalue weighted by molar-refractivity contribution is 0.258. The molecule has 3 atom stereocenters. The first-order chi connectivity index (χ1) is 8.33. The van der Waals surface area contributed by atoms with Crippen LogP contribution >= 0.6 is 12.4 Å². The van der Waals surface area contributed by atoms with Gasteiger partial charge in [-0.15, -0.1) is 12.4 Å². The molecule has 2 N–H and O–H groups in total. The first kappa shape index (κ1) is 14.6. The fraction of sp³-hybridized carbons (Fsp3) is 1.00. The van der Waals surface area contributed by atoms with Crippen molar-refractivity contribution in [2.24, 2.45) is 23.5 Å². The number of nitrogens with zero attached hydrogens (tertiary/aromatic N) is 1.